The SMILES string of the molecule is COc1ccc(CO[C@@H]2CC[C@]3(CO3)[C@@H](C)[C@@H]2OC)cc1. The molecule has 0 N–H and O–H groups in total. The first-order valence-electron chi connectivity index (χ1n) is 7.60. The van der Waals surface area contributed by atoms with Crippen LogP contribution in [0.2, 0.25) is 0 Å². The quantitative estimate of drug-likeness (QED) is 0.782. The van der Waals surface area contributed by atoms with Crippen molar-refractivity contribution in [3.63, 3.8) is 0 Å². The molecular formula is C17H24O4. The van der Waals surface area contributed by atoms with Gasteiger partial charge in [-0.3, -0.25) is 0 Å². The van der Waals surface area contributed by atoms with Crippen molar-refractivity contribution in [2.24, 2.45) is 5.92 Å². The van der Waals surface area contributed by atoms with E-state index < -0.39 is 0 Å². The third-order valence-corrected chi connectivity index (χ3v) is 4.95. The molecule has 1 aromatic rings. The lowest BCUT2D eigenvalue weighted by Crippen LogP contribution is -2.47. The minimum absolute atomic E-state index is 0.0701. The van der Waals surface area contributed by atoms with E-state index in [4.69, 9.17) is 18.9 Å². The number of benzene rings is 1. The second-order valence-electron chi connectivity index (χ2n) is 6.08. The average molecular weight is 292 g/mol. The van der Waals surface area contributed by atoms with Gasteiger partial charge in [-0.2, -0.15) is 0 Å². The molecule has 0 aromatic heterocycles. The molecule has 4 atom stereocenters. The van der Waals surface area contributed by atoms with Gasteiger partial charge in [-0.1, -0.05) is 19.1 Å². The Hall–Kier alpha value is -1.10. The van der Waals surface area contributed by atoms with Gasteiger partial charge in [0.2, 0.25) is 0 Å². The summed E-state index contributed by atoms with van der Waals surface area (Å²) < 4.78 is 22.6. The highest BCUT2D eigenvalue weighted by Crippen LogP contribution is 2.47. The fourth-order valence-electron chi connectivity index (χ4n) is 3.36. The number of epoxide rings is 1. The van der Waals surface area contributed by atoms with E-state index in [-0.39, 0.29) is 17.8 Å². The molecule has 4 nitrogen and oxygen atoms in total. The molecule has 116 valence electrons. The zero-order valence-electron chi connectivity index (χ0n) is 13.0. The second kappa shape index (κ2) is 5.95. The molecule has 2 fully saturated rings. The maximum Gasteiger partial charge on any atom is 0.118 e. The van der Waals surface area contributed by atoms with Crippen LogP contribution in [0, 0.1) is 5.92 Å². The van der Waals surface area contributed by atoms with Gasteiger partial charge in [0.05, 0.1) is 38.1 Å². The van der Waals surface area contributed by atoms with Crippen molar-refractivity contribution >= 4 is 0 Å². The van der Waals surface area contributed by atoms with Crippen LogP contribution in [0.25, 0.3) is 0 Å². The van der Waals surface area contributed by atoms with Gasteiger partial charge >= 0.3 is 0 Å². The maximum absolute atomic E-state index is 6.12. The first-order chi connectivity index (χ1) is 10.2. The number of ether oxygens (including phenoxy) is 4. The van der Waals surface area contributed by atoms with E-state index in [0.717, 1.165) is 30.8 Å². The summed E-state index contributed by atoms with van der Waals surface area (Å²) in [7, 11) is 3.44. The predicted molar refractivity (Wildman–Crippen MR) is 79.4 cm³/mol. The van der Waals surface area contributed by atoms with Crippen molar-refractivity contribution in [1.29, 1.82) is 0 Å². The van der Waals surface area contributed by atoms with Crippen molar-refractivity contribution in [3.8, 4) is 5.75 Å². The van der Waals surface area contributed by atoms with Crippen molar-refractivity contribution in [1.82, 2.24) is 0 Å². The molecule has 1 saturated heterocycles. The van der Waals surface area contributed by atoms with Gasteiger partial charge in [-0.05, 0) is 30.5 Å². The molecule has 1 aliphatic carbocycles. The van der Waals surface area contributed by atoms with E-state index in [9.17, 15) is 0 Å². The molecule has 0 bridgehead atoms. The lowest BCUT2D eigenvalue weighted by Gasteiger charge is -2.39. The first-order valence-corrected chi connectivity index (χ1v) is 7.60. The molecule has 1 spiro atoms. The topological polar surface area (TPSA) is 40.2 Å². The molecule has 0 amide bonds. The normalized spacial score (nSPS) is 34.9. The standard InChI is InChI=1S/C17H24O4/c1-12-16(19-3)15(8-9-17(12)11-21-17)20-10-13-4-6-14(18-2)7-5-13/h4-7,12,15-16H,8-11H2,1-3H3/t12-,15+,16-,17-/m0/s1. The Morgan fingerprint density at radius 1 is 1.24 bits per heavy atom. The Morgan fingerprint density at radius 3 is 2.52 bits per heavy atom. The molecule has 21 heavy (non-hydrogen) atoms. The minimum atomic E-state index is 0.0701. The summed E-state index contributed by atoms with van der Waals surface area (Å²) in [6.45, 7) is 3.69. The predicted octanol–water partition coefficient (Wildman–Crippen LogP) is 2.79. The smallest absolute Gasteiger partial charge is 0.118 e. The zero-order valence-corrected chi connectivity index (χ0v) is 13.0. The van der Waals surface area contributed by atoms with E-state index in [0.29, 0.717) is 12.5 Å². The van der Waals surface area contributed by atoms with Crippen LogP contribution in [0.4, 0.5) is 0 Å². The number of hydrogen-bond donors (Lipinski definition) is 0. The third kappa shape index (κ3) is 2.93. The van der Waals surface area contributed by atoms with Gasteiger partial charge in [0.1, 0.15) is 5.75 Å². The zero-order chi connectivity index (χ0) is 14.9. The molecular weight excluding hydrogens is 268 g/mol. The summed E-state index contributed by atoms with van der Waals surface area (Å²) in [5.74, 6) is 1.25. The maximum atomic E-state index is 6.12. The average Bonchev–Trinajstić information content (AvgIpc) is 3.30. The largest absolute Gasteiger partial charge is 0.497 e. The van der Waals surface area contributed by atoms with Crippen molar-refractivity contribution in [3.05, 3.63) is 29.8 Å². The van der Waals surface area contributed by atoms with E-state index in [1.807, 2.05) is 24.3 Å². The van der Waals surface area contributed by atoms with Crippen molar-refractivity contribution in [2.45, 2.75) is 44.2 Å². The van der Waals surface area contributed by atoms with E-state index in [1.54, 1.807) is 14.2 Å². The van der Waals surface area contributed by atoms with Gasteiger partial charge in [0.15, 0.2) is 0 Å². The summed E-state index contributed by atoms with van der Waals surface area (Å²) in [4.78, 5) is 0. The number of methoxy groups -OCH3 is 2. The first kappa shape index (κ1) is 14.8. The van der Waals surface area contributed by atoms with E-state index in [2.05, 4.69) is 6.92 Å². The minimum Gasteiger partial charge on any atom is -0.497 e. The van der Waals surface area contributed by atoms with Gasteiger partial charge < -0.3 is 18.9 Å². The highest BCUT2D eigenvalue weighted by Gasteiger charge is 2.56. The molecule has 1 aromatic carbocycles. The summed E-state index contributed by atoms with van der Waals surface area (Å²) in [6.07, 6.45) is 2.32. The molecule has 1 aliphatic heterocycles. The second-order valence-corrected chi connectivity index (χ2v) is 6.08. The van der Waals surface area contributed by atoms with E-state index >= 15 is 0 Å². The fourth-order valence-corrected chi connectivity index (χ4v) is 3.36. The third-order valence-electron chi connectivity index (χ3n) is 4.95. The summed E-state index contributed by atoms with van der Waals surface area (Å²) in [5.41, 5.74) is 1.22. The molecule has 3 rings (SSSR count). The fraction of sp³-hybridized carbons (Fsp3) is 0.647. The molecule has 1 saturated carbocycles. The van der Waals surface area contributed by atoms with Crippen molar-refractivity contribution in [2.75, 3.05) is 20.8 Å². The van der Waals surface area contributed by atoms with Crippen LogP contribution in [0.1, 0.15) is 25.3 Å². The molecule has 4 heteroatoms. The summed E-state index contributed by atoms with van der Waals surface area (Å²) in [5, 5.41) is 0. The molecule has 1 heterocycles. The summed E-state index contributed by atoms with van der Waals surface area (Å²) >= 11 is 0. The van der Waals surface area contributed by atoms with Crippen LogP contribution in [0.15, 0.2) is 24.3 Å². The Balaban J connectivity index is 1.58. The van der Waals surface area contributed by atoms with Gasteiger partial charge in [0.25, 0.3) is 0 Å². The van der Waals surface area contributed by atoms with Gasteiger partial charge in [-0.15, -0.1) is 0 Å². The number of hydrogen-bond acceptors (Lipinski definition) is 4. The monoisotopic (exact) mass is 292 g/mol. The molecule has 0 radical (unpaired) electrons. The van der Waals surface area contributed by atoms with Crippen LogP contribution in [0.3, 0.4) is 0 Å². The lowest BCUT2D eigenvalue weighted by molar-refractivity contribution is -0.123. The van der Waals surface area contributed by atoms with E-state index in [1.165, 1.54) is 0 Å². The highest BCUT2D eigenvalue weighted by molar-refractivity contribution is 5.26. The lowest BCUT2D eigenvalue weighted by atomic mass is 9.76. The van der Waals surface area contributed by atoms with Crippen LogP contribution in [-0.4, -0.2) is 38.6 Å². The van der Waals surface area contributed by atoms with Crippen LogP contribution >= 0.6 is 0 Å². The Kier molecular flexibility index (Phi) is 4.20. The molecule has 0 unspecified atom stereocenters. The molecule has 2 aliphatic rings. The van der Waals surface area contributed by atoms with Gasteiger partial charge in [-0.25, -0.2) is 0 Å². The Bertz CT molecular complexity index is 466. The van der Waals surface area contributed by atoms with Crippen LogP contribution in [-0.2, 0) is 20.8 Å². The Morgan fingerprint density at radius 2 is 1.95 bits per heavy atom. The van der Waals surface area contributed by atoms with Crippen molar-refractivity contribution < 1.29 is 18.9 Å². The van der Waals surface area contributed by atoms with Crippen LogP contribution < -0.4 is 4.74 Å². The van der Waals surface area contributed by atoms with Crippen LogP contribution in [0.5, 0.6) is 5.75 Å². The highest BCUT2D eigenvalue weighted by atomic mass is 16.6. The summed E-state index contributed by atoms with van der Waals surface area (Å²) in [6, 6.07) is 8.00. The van der Waals surface area contributed by atoms with Gasteiger partial charge in [0, 0.05) is 13.0 Å². The Labute approximate surface area is 126 Å². The number of rotatable bonds is 5.